The predicted octanol–water partition coefficient (Wildman–Crippen LogP) is 3.75. The minimum Gasteiger partial charge on any atom is -0.393 e. The summed E-state index contributed by atoms with van der Waals surface area (Å²) in [5.41, 5.74) is 0.676. The first-order valence-corrected chi connectivity index (χ1v) is 9.31. The SMILES string of the molecule is C[C@]12CC[C@H](O)C[C@H]1CC[C@@H]1[C@@H]2CC[C@]2(C)C(O)CC[C@@H]12. The van der Waals surface area contributed by atoms with Crippen LogP contribution < -0.4 is 0 Å². The van der Waals surface area contributed by atoms with Crippen LogP contribution in [-0.2, 0) is 0 Å². The number of fused-ring (bicyclic) bond motifs is 5. The van der Waals surface area contributed by atoms with E-state index in [1.165, 1.54) is 38.5 Å². The van der Waals surface area contributed by atoms with Crippen molar-refractivity contribution >= 4 is 0 Å². The lowest BCUT2D eigenvalue weighted by molar-refractivity contribution is -0.133. The molecule has 0 aromatic carbocycles. The van der Waals surface area contributed by atoms with Gasteiger partial charge in [-0.1, -0.05) is 13.8 Å². The summed E-state index contributed by atoms with van der Waals surface area (Å²) in [6, 6.07) is 0. The Morgan fingerprint density at radius 3 is 2.29 bits per heavy atom. The van der Waals surface area contributed by atoms with E-state index in [2.05, 4.69) is 13.8 Å². The Morgan fingerprint density at radius 2 is 1.48 bits per heavy atom. The first kappa shape index (κ1) is 14.5. The molecule has 4 rings (SSSR count). The number of aliphatic hydroxyl groups is 2. The monoisotopic (exact) mass is 292 g/mol. The molecule has 2 nitrogen and oxygen atoms in total. The van der Waals surface area contributed by atoms with Gasteiger partial charge in [-0.3, -0.25) is 0 Å². The van der Waals surface area contributed by atoms with Crippen molar-refractivity contribution in [1.29, 1.82) is 0 Å². The molecule has 0 saturated heterocycles. The summed E-state index contributed by atoms with van der Waals surface area (Å²) in [6.45, 7) is 4.90. The minimum atomic E-state index is -0.0536. The van der Waals surface area contributed by atoms with Gasteiger partial charge in [0.1, 0.15) is 0 Å². The highest BCUT2D eigenvalue weighted by Crippen LogP contribution is 2.66. The van der Waals surface area contributed by atoms with E-state index >= 15 is 0 Å². The average molecular weight is 292 g/mol. The number of rotatable bonds is 0. The fourth-order valence-electron chi connectivity index (χ4n) is 7.21. The Labute approximate surface area is 129 Å². The van der Waals surface area contributed by atoms with Gasteiger partial charge < -0.3 is 10.2 Å². The number of hydrogen-bond acceptors (Lipinski definition) is 2. The molecule has 4 fully saturated rings. The summed E-state index contributed by atoms with van der Waals surface area (Å²) in [5.74, 6) is 3.21. The van der Waals surface area contributed by atoms with Crippen molar-refractivity contribution in [3.05, 3.63) is 0 Å². The van der Waals surface area contributed by atoms with Crippen LogP contribution in [0.5, 0.6) is 0 Å². The Kier molecular flexibility index (Phi) is 3.25. The number of aliphatic hydroxyl groups excluding tert-OH is 2. The first-order chi connectivity index (χ1) is 9.95. The minimum absolute atomic E-state index is 0.0400. The molecule has 2 heteroatoms. The molecular formula is C19H32O2. The molecule has 4 aliphatic rings. The standard InChI is InChI=1S/C19H32O2/c1-18-9-7-13(20)11-12(18)3-4-14-15-5-6-17(21)19(15,2)10-8-16(14)18/h12-17,20-21H,3-11H2,1-2H3/t12-,13+,14+,15+,16+,17?,18+,19+/m1/s1. The molecule has 120 valence electrons. The topological polar surface area (TPSA) is 40.5 Å². The van der Waals surface area contributed by atoms with Crippen LogP contribution in [0.1, 0.15) is 71.6 Å². The largest absolute Gasteiger partial charge is 0.393 e. The van der Waals surface area contributed by atoms with E-state index in [-0.39, 0.29) is 17.6 Å². The quantitative estimate of drug-likeness (QED) is 0.714. The van der Waals surface area contributed by atoms with Crippen LogP contribution >= 0.6 is 0 Å². The molecule has 0 bridgehead atoms. The van der Waals surface area contributed by atoms with Crippen molar-refractivity contribution < 1.29 is 10.2 Å². The molecule has 1 unspecified atom stereocenters. The fraction of sp³-hybridized carbons (Fsp3) is 1.00. The lowest BCUT2D eigenvalue weighted by Gasteiger charge is -2.60. The van der Waals surface area contributed by atoms with Gasteiger partial charge in [0.15, 0.2) is 0 Å². The third-order valence-corrected chi connectivity index (χ3v) is 8.59. The first-order valence-electron chi connectivity index (χ1n) is 9.31. The van der Waals surface area contributed by atoms with Gasteiger partial charge in [-0.25, -0.2) is 0 Å². The molecule has 21 heavy (non-hydrogen) atoms. The third kappa shape index (κ3) is 1.91. The van der Waals surface area contributed by atoms with E-state index in [1.54, 1.807) is 0 Å². The van der Waals surface area contributed by atoms with Crippen LogP contribution in [0.3, 0.4) is 0 Å². The third-order valence-electron chi connectivity index (χ3n) is 8.59. The molecule has 0 aliphatic heterocycles. The van der Waals surface area contributed by atoms with Crippen molar-refractivity contribution in [1.82, 2.24) is 0 Å². The van der Waals surface area contributed by atoms with Crippen LogP contribution in [0.4, 0.5) is 0 Å². The van der Waals surface area contributed by atoms with Crippen molar-refractivity contribution in [2.45, 2.75) is 83.8 Å². The summed E-state index contributed by atoms with van der Waals surface area (Å²) < 4.78 is 0. The maximum atomic E-state index is 10.5. The second-order valence-corrected chi connectivity index (χ2v) is 9.22. The summed E-state index contributed by atoms with van der Waals surface area (Å²) in [4.78, 5) is 0. The van der Waals surface area contributed by atoms with Crippen molar-refractivity contribution in [2.24, 2.45) is 34.5 Å². The molecular weight excluding hydrogens is 260 g/mol. The van der Waals surface area contributed by atoms with E-state index < -0.39 is 0 Å². The van der Waals surface area contributed by atoms with Crippen molar-refractivity contribution in [3.8, 4) is 0 Å². The zero-order valence-corrected chi connectivity index (χ0v) is 13.7. The zero-order chi connectivity index (χ0) is 14.8. The molecule has 8 atom stereocenters. The van der Waals surface area contributed by atoms with E-state index in [0.717, 1.165) is 42.9 Å². The molecule has 4 aliphatic carbocycles. The van der Waals surface area contributed by atoms with Gasteiger partial charge in [0.25, 0.3) is 0 Å². The van der Waals surface area contributed by atoms with E-state index in [4.69, 9.17) is 0 Å². The van der Waals surface area contributed by atoms with Gasteiger partial charge in [-0.05, 0) is 92.3 Å². The van der Waals surface area contributed by atoms with Crippen molar-refractivity contribution in [2.75, 3.05) is 0 Å². The highest BCUT2D eigenvalue weighted by atomic mass is 16.3. The Hall–Kier alpha value is -0.0800. The molecule has 0 spiro atoms. The van der Waals surface area contributed by atoms with Crippen LogP contribution in [0.25, 0.3) is 0 Å². The van der Waals surface area contributed by atoms with Gasteiger partial charge in [-0.2, -0.15) is 0 Å². The van der Waals surface area contributed by atoms with Gasteiger partial charge in [0, 0.05) is 0 Å². The van der Waals surface area contributed by atoms with Crippen molar-refractivity contribution in [3.63, 3.8) is 0 Å². The summed E-state index contributed by atoms with van der Waals surface area (Å²) in [5, 5.41) is 20.5. The lowest BCUT2D eigenvalue weighted by Crippen LogP contribution is -2.54. The molecule has 0 aromatic rings. The van der Waals surface area contributed by atoms with E-state index in [9.17, 15) is 10.2 Å². The Morgan fingerprint density at radius 1 is 0.762 bits per heavy atom. The van der Waals surface area contributed by atoms with Crippen LogP contribution in [0, 0.1) is 34.5 Å². The molecule has 0 radical (unpaired) electrons. The summed E-state index contributed by atoms with van der Waals surface area (Å²) >= 11 is 0. The smallest absolute Gasteiger partial charge is 0.0596 e. The number of hydrogen-bond donors (Lipinski definition) is 2. The van der Waals surface area contributed by atoms with E-state index in [0.29, 0.717) is 5.41 Å². The molecule has 0 heterocycles. The van der Waals surface area contributed by atoms with Gasteiger partial charge in [0.2, 0.25) is 0 Å². The van der Waals surface area contributed by atoms with Gasteiger partial charge in [0.05, 0.1) is 12.2 Å². The lowest BCUT2D eigenvalue weighted by atomic mass is 9.45. The Balaban J connectivity index is 1.62. The molecule has 4 saturated carbocycles. The highest BCUT2D eigenvalue weighted by molar-refractivity contribution is 5.09. The van der Waals surface area contributed by atoms with Crippen LogP contribution in [0.15, 0.2) is 0 Å². The Bertz CT molecular complexity index is 422. The second-order valence-electron chi connectivity index (χ2n) is 9.22. The van der Waals surface area contributed by atoms with Crippen LogP contribution in [-0.4, -0.2) is 22.4 Å². The van der Waals surface area contributed by atoms with Gasteiger partial charge in [-0.15, -0.1) is 0 Å². The zero-order valence-electron chi connectivity index (χ0n) is 13.7. The summed E-state index contributed by atoms with van der Waals surface area (Å²) in [6.07, 6.45) is 10.7. The molecule has 2 N–H and O–H groups in total. The predicted molar refractivity (Wildman–Crippen MR) is 83.7 cm³/mol. The normalized spacial score (nSPS) is 60.0. The van der Waals surface area contributed by atoms with Gasteiger partial charge >= 0.3 is 0 Å². The average Bonchev–Trinajstić information content (AvgIpc) is 2.76. The fourth-order valence-corrected chi connectivity index (χ4v) is 7.21. The molecule has 0 amide bonds. The van der Waals surface area contributed by atoms with E-state index in [1.807, 2.05) is 0 Å². The second kappa shape index (κ2) is 4.71. The highest BCUT2D eigenvalue weighted by Gasteiger charge is 2.59. The molecule has 0 aromatic heterocycles. The maximum Gasteiger partial charge on any atom is 0.0596 e. The maximum absolute atomic E-state index is 10.5. The van der Waals surface area contributed by atoms with Crippen LogP contribution in [0.2, 0.25) is 0 Å². The summed E-state index contributed by atoms with van der Waals surface area (Å²) in [7, 11) is 0.